The van der Waals surface area contributed by atoms with Crippen molar-refractivity contribution in [2.24, 2.45) is 0 Å². The van der Waals surface area contributed by atoms with Gasteiger partial charge < -0.3 is 4.90 Å². The smallest absolute Gasteiger partial charge is 0.0642 e. The number of aromatic nitrogens is 2. The number of rotatable bonds is 8. The number of aryl methyl sites for hydroxylation is 1. The van der Waals surface area contributed by atoms with Crippen molar-refractivity contribution in [3.63, 3.8) is 0 Å². The first-order valence-electron chi connectivity index (χ1n) is 7.15. The molecule has 0 aromatic carbocycles. The van der Waals surface area contributed by atoms with E-state index in [1.807, 2.05) is 11.3 Å². The highest BCUT2D eigenvalue weighted by molar-refractivity contribution is 7.09. The first-order valence-corrected chi connectivity index (χ1v) is 8.03. The number of nitrogens with zero attached hydrogens (tertiary/aromatic N) is 4. The fourth-order valence-corrected chi connectivity index (χ4v) is 2.93. The fourth-order valence-electron chi connectivity index (χ4n) is 2.19. The monoisotopic (exact) mass is 304 g/mol. The maximum atomic E-state index is 4.44. The molecule has 2 rings (SSSR count). The van der Waals surface area contributed by atoms with E-state index >= 15 is 0 Å². The van der Waals surface area contributed by atoms with Crippen molar-refractivity contribution in [2.75, 3.05) is 27.2 Å². The normalized spacial score (nSPS) is 11.5. The Hall–Kier alpha value is -1.43. The zero-order chi connectivity index (χ0) is 15.2. The molecule has 0 aliphatic heterocycles. The van der Waals surface area contributed by atoms with Crippen LogP contribution in [0.5, 0.6) is 0 Å². The second kappa shape index (κ2) is 7.54. The minimum absolute atomic E-state index is 0.922. The number of likely N-dealkylation sites (N-methyl/N-ethyl adjacent to an activating group) is 1. The van der Waals surface area contributed by atoms with Crippen molar-refractivity contribution < 1.29 is 0 Å². The summed E-state index contributed by atoms with van der Waals surface area (Å²) in [6.07, 6.45) is 3.80. The van der Waals surface area contributed by atoms with Gasteiger partial charge in [-0.1, -0.05) is 12.6 Å². The summed E-state index contributed by atoms with van der Waals surface area (Å²) in [7, 11) is 4.23. The van der Waals surface area contributed by atoms with E-state index in [0.29, 0.717) is 0 Å². The zero-order valence-corrected chi connectivity index (χ0v) is 13.9. The molecule has 0 saturated carbocycles. The summed E-state index contributed by atoms with van der Waals surface area (Å²) in [5.41, 5.74) is 2.35. The topological polar surface area (TPSA) is 24.3 Å². The molecule has 2 aromatic heterocycles. The Balaban J connectivity index is 2.06. The van der Waals surface area contributed by atoms with E-state index < -0.39 is 0 Å². The molecule has 0 atom stereocenters. The molecule has 2 aromatic rings. The van der Waals surface area contributed by atoms with Crippen LogP contribution in [0.15, 0.2) is 30.3 Å². The maximum absolute atomic E-state index is 4.44. The van der Waals surface area contributed by atoms with Crippen LogP contribution in [-0.2, 0) is 13.1 Å². The summed E-state index contributed by atoms with van der Waals surface area (Å²) in [6, 6.07) is 4.32. The lowest BCUT2D eigenvalue weighted by Crippen LogP contribution is -2.31. The van der Waals surface area contributed by atoms with Gasteiger partial charge in [0, 0.05) is 49.0 Å². The molecule has 5 heteroatoms. The third-order valence-corrected chi connectivity index (χ3v) is 4.28. The van der Waals surface area contributed by atoms with Gasteiger partial charge in [-0.05, 0) is 32.5 Å². The van der Waals surface area contributed by atoms with Crippen LogP contribution in [0.1, 0.15) is 16.1 Å². The van der Waals surface area contributed by atoms with E-state index in [-0.39, 0.29) is 0 Å². The lowest BCUT2D eigenvalue weighted by atomic mass is 10.2. The molecule has 0 aliphatic carbocycles. The van der Waals surface area contributed by atoms with Crippen molar-refractivity contribution in [1.29, 1.82) is 0 Å². The third kappa shape index (κ3) is 4.81. The summed E-state index contributed by atoms with van der Waals surface area (Å²) in [5.74, 6) is 0. The molecule has 0 fully saturated rings. The van der Waals surface area contributed by atoms with Gasteiger partial charge in [0.1, 0.15) is 0 Å². The Morgan fingerprint density at radius 2 is 2.14 bits per heavy atom. The Labute approximate surface area is 131 Å². The molecular weight excluding hydrogens is 280 g/mol. The van der Waals surface area contributed by atoms with Gasteiger partial charge in [0.25, 0.3) is 0 Å². The van der Waals surface area contributed by atoms with Gasteiger partial charge in [-0.15, -0.1) is 11.3 Å². The Bertz CT molecular complexity index is 557. The van der Waals surface area contributed by atoms with Gasteiger partial charge in [0.15, 0.2) is 0 Å². The minimum Gasteiger partial charge on any atom is -0.308 e. The van der Waals surface area contributed by atoms with Crippen molar-refractivity contribution >= 4 is 17.5 Å². The quantitative estimate of drug-likeness (QED) is 0.749. The largest absolute Gasteiger partial charge is 0.308 e. The van der Waals surface area contributed by atoms with Crippen molar-refractivity contribution in [3.05, 3.63) is 46.4 Å². The summed E-state index contributed by atoms with van der Waals surface area (Å²) < 4.78 is 1.79. The summed E-state index contributed by atoms with van der Waals surface area (Å²) >= 11 is 1.82. The van der Waals surface area contributed by atoms with Crippen LogP contribution in [0.25, 0.3) is 6.20 Å². The van der Waals surface area contributed by atoms with E-state index in [4.69, 9.17) is 0 Å². The SMILES string of the molecule is C=Cn1cc(CN(CCN(C)C)Cc2cccs2)c(C)n1. The summed E-state index contributed by atoms with van der Waals surface area (Å²) in [4.78, 5) is 6.10. The molecule has 114 valence electrons. The van der Waals surface area contributed by atoms with E-state index in [2.05, 4.69) is 66.2 Å². The number of hydrogen-bond donors (Lipinski definition) is 0. The predicted molar refractivity (Wildman–Crippen MR) is 90.3 cm³/mol. The Morgan fingerprint density at radius 1 is 1.33 bits per heavy atom. The molecule has 0 radical (unpaired) electrons. The van der Waals surface area contributed by atoms with Crippen LogP contribution in [-0.4, -0.2) is 46.8 Å². The van der Waals surface area contributed by atoms with E-state index in [1.54, 1.807) is 10.9 Å². The molecule has 0 bridgehead atoms. The average molecular weight is 304 g/mol. The third-order valence-electron chi connectivity index (χ3n) is 3.42. The molecule has 0 unspecified atom stereocenters. The molecule has 21 heavy (non-hydrogen) atoms. The van der Waals surface area contributed by atoms with Crippen LogP contribution in [0.2, 0.25) is 0 Å². The molecular formula is C16H24N4S. The van der Waals surface area contributed by atoms with Crippen LogP contribution in [0, 0.1) is 6.92 Å². The molecule has 0 N–H and O–H groups in total. The van der Waals surface area contributed by atoms with Crippen molar-refractivity contribution in [2.45, 2.75) is 20.0 Å². The average Bonchev–Trinajstić information content (AvgIpc) is 3.06. The van der Waals surface area contributed by atoms with Crippen LogP contribution >= 0.6 is 11.3 Å². The Morgan fingerprint density at radius 3 is 2.71 bits per heavy atom. The highest BCUT2D eigenvalue weighted by Gasteiger charge is 2.12. The van der Waals surface area contributed by atoms with Crippen molar-refractivity contribution in [3.8, 4) is 0 Å². The minimum atomic E-state index is 0.922. The first-order chi connectivity index (χ1) is 10.1. The fraction of sp³-hybridized carbons (Fsp3) is 0.438. The standard InChI is InChI=1S/C16H24N4S/c1-5-20-12-15(14(2)17-20)11-19(9-8-18(3)4)13-16-7-6-10-21-16/h5-7,10,12H,1,8-9,11,13H2,2-4H3. The molecule has 0 aliphatic rings. The molecule has 0 amide bonds. The van der Waals surface area contributed by atoms with Crippen LogP contribution in [0.3, 0.4) is 0 Å². The second-order valence-electron chi connectivity index (χ2n) is 5.50. The Kier molecular flexibility index (Phi) is 5.73. The van der Waals surface area contributed by atoms with Gasteiger partial charge in [-0.2, -0.15) is 5.10 Å². The number of thiophene rings is 1. The maximum Gasteiger partial charge on any atom is 0.0642 e. The van der Waals surface area contributed by atoms with Gasteiger partial charge in [-0.3, -0.25) is 4.90 Å². The number of hydrogen-bond acceptors (Lipinski definition) is 4. The van der Waals surface area contributed by atoms with E-state index in [1.165, 1.54) is 10.4 Å². The highest BCUT2D eigenvalue weighted by Crippen LogP contribution is 2.16. The highest BCUT2D eigenvalue weighted by atomic mass is 32.1. The lowest BCUT2D eigenvalue weighted by Gasteiger charge is -2.23. The van der Waals surface area contributed by atoms with Crippen LogP contribution < -0.4 is 0 Å². The van der Waals surface area contributed by atoms with Crippen LogP contribution in [0.4, 0.5) is 0 Å². The van der Waals surface area contributed by atoms with E-state index in [0.717, 1.165) is 31.9 Å². The molecule has 0 spiro atoms. The predicted octanol–water partition coefficient (Wildman–Crippen LogP) is 2.92. The van der Waals surface area contributed by atoms with Gasteiger partial charge >= 0.3 is 0 Å². The lowest BCUT2D eigenvalue weighted by molar-refractivity contribution is 0.227. The zero-order valence-electron chi connectivity index (χ0n) is 13.1. The molecule has 4 nitrogen and oxygen atoms in total. The van der Waals surface area contributed by atoms with E-state index in [9.17, 15) is 0 Å². The summed E-state index contributed by atoms with van der Waals surface area (Å²) in [5, 5.41) is 6.58. The molecule has 0 saturated heterocycles. The second-order valence-corrected chi connectivity index (χ2v) is 6.53. The van der Waals surface area contributed by atoms with Gasteiger partial charge in [-0.25, -0.2) is 4.68 Å². The van der Waals surface area contributed by atoms with Gasteiger partial charge in [0.05, 0.1) is 5.69 Å². The van der Waals surface area contributed by atoms with Gasteiger partial charge in [0.2, 0.25) is 0 Å². The first kappa shape index (κ1) is 15.9. The molecule has 2 heterocycles. The summed E-state index contributed by atoms with van der Waals surface area (Å²) in [6.45, 7) is 9.84. The van der Waals surface area contributed by atoms with Crippen molar-refractivity contribution in [1.82, 2.24) is 19.6 Å².